The summed E-state index contributed by atoms with van der Waals surface area (Å²) in [5.74, 6) is -0.326. The molecule has 2 aromatic carbocycles. The lowest BCUT2D eigenvalue weighted by Gasteiger charge is -2.20. The van der Waals surface area contributed by atoms with Crippen LogP contribution < -0.4 is 14.5 Å². The van der Waals surface area contributed by atoms with Crippen LogP contribution in [0.5, 0.6) is 5.75 Å². The van der Waals surface area contributed by atoms with E-state index in [1.54, 1.807) is 48.2 Å². The summed E-state index contributed by atoms with van der Waals surface area (Å²) < 4.78 is 11.5. The Morgan fingerprint density at radius 1 is 1.07 bits per heavy atom. The van der Waals surface area contributed by atoms with Crippen LogP contribution in [0.4, 0.5) is 11.4 Å². The average Bonchev–Trinajstić information content (AvgIpc) is 2.99. The number of carbonyl (C=O) groups is 2. The second-order valence-electron chi connectivity index (χ2n) is 6.66. The molecule has 2 aromatic rings. The van der Waals surface area contributed by atoms with E-state index in [-0.39, 0.29) is 5.57 Å². The van der Waals surface area contributed by atoms with E-state index >= 15 is 0 Å². The van der Waals surface area contributed by atoms with Crippen molar-refractivity contribution >= 4 is 39.1 Å². The SMILES string of the molecule is CC(Oc1ccc(Br)cc1)C(=O)OCC(=O)C(C#N)=C1N(C)c2ccccc2N1C. The molecular weight excluding hydrogens is 450 g/mol. The summed E-state index contributed by atoms with van der Waals surface area (Å²) in [5, 5.41) is 9.61. The molecule has 0 saturated heterocycles. The van der Waals surface area contributed by atoms with Crippen molar-refractivity contribution in [2.24, 2.45) is 0 Å². The predicted molar refractivity (Wildman–Crippen MR) is 116 cm³/mol. The number of esters is 1. The molecule has 154 valence electrons. The Balaban J connectivity index is 1.67. The van der Waals surface area contributed by atoms with Crippen molar-refractivity contribution in [1.82, 2.24) is 0 Å². The smallest absolute Gasteiger partial charge is 0.347 e. The van der Waals surface area contributed by atoms with E-state index < -0.39 is 24.5 Å². The number of hydrogen-bond acceptors (Lipinski definition) is 7. The molecule has 7 nitrogen and oxygen atoms in total. The van der Waals surface area contributed by atoms with Gasteiger partial charge in [0.2, 0.25) is 5.78 Å². The van der Waals surface area contributed by atoms with Crippen LogP contribution in [-0.2, 0) is 14.3 Å². The Hall–Kier alpha value is -3.31. The van der Waals surface area contributed by atoms with E-state index in [4.69, 9.17) is 9.47 Å². The number of hydrogen-bond donors (Lipinski definition) is 0. The summed E-state index contributed by atoms with van der Waals surface area (Å²) in [6.45, 7) is 0.991. The van der Waals surface area contributed by atoms with Crippen LogP contribution >= 0.6 is 15.9 Å². The fourth-order valence-corrected chi connectivity index (χ4v) is 3.41. The molecule has 0 saturated carbocycles. The number of ether oxygens (including phenoxy) is 2. The Morgan fingerprint density at radius 3 is 2.17 bits per heavy atom. The standard InChI is InChI=1S/C22H20BrN3O4/c1-14(30-16-10-8-15(23)9-11-16)22(28)29-13-20(27)17(12-24)21-25(2)18-6-4-5-7-19(18)26(21)3/h4-11,14H,13H2,1-3H3. The number of halogens is 1. The summed E-state index contributed by atoms with van der Waals surface area (Å²) in [6.07, 6.45) is -0.904. The van der Waals surface area contributed by atoms with Gasteiger partial charge in [-0.1, -0.05) is 28.1 Å². The van der Waals surface area contributed by atoms with Gasteiger partial charge in [-0.25, -0.2) is 4.79 Å². The number of carbonyl (C=O) groups excluding carboxylic acids is 2. The molecule has 0 radical (unpaired) electrons. The molecule has 8 heteroatoms. The van der Waals surface area contributed by atoms with Gasteiger partial charge in [0.05, 0.1) is 11.4 Å². The van der Waals surface area contributed by atoms with Gasteiger partial charge in [-0.2, -0.15) is 5.26 Å². The van der Waals surface area contributed by atoms with E-state index in [0.29, 0.717) is 11.6 Å². The van der Waals surface area contributed by atoms with Gasteiger partial charge in [-0.15, -0.1) is 0 Å². The second kappa shape index (κ2) is 9.01. The third kappa shape index (κ3) is 4.31. The third-order valence-electron chi connectivity index (χ3n) is 4.66. The van der Waals surface area contributed by atoms with Gasteiger partial charge in [-0.05, 0) is 43.3 Å². The molecule has 3 rings (SSSR count). The zero-order chi connectivity index (χ0) is 21.8. The van der Waals surface area contributed by atoms with Crippen molar-refractivity contribution in [3.05, 3.63) is 64.4 Å². The van der Waals surface area contributed by atoms with Gasteiger partial charge in [0.1, 0.15) is 23.2 Å². The van der Waals surface area contributed by atoms with Crippen molar-refractivity contribution in [3.8, 4) is 11.8 Å². The molecular formula is C22H20BrN3O4. The maximum absolute atomic E-state index is 12.7. The zero-order valence-corrected chi connectivity index (χ0v) is 18.3. The Kier molecular flexibility index (Phi) is 6.43. The lowest BCUT2D eigenvalue weighted by Crippen LogP contribution is -2.30. The van der Waals surface area contributed by atoms with Crippen molar-refractivity contribution in [2.45, 2.75) is 13.0 Å². The number of ketones is 1. The van der Waals surface area contributed by atoms with E-state index in [1.165, 1.54) is 6.92 Å². The molecule has 0 fully saturated rings. The minimum absolute atomic E-state index is 0.0783. The van der Waals surface area contributed by atoms with Crippen molar-refractivity contribution in [1.29, 1.82) is 5.26 Å². The van der Waals surface area contributed by atoms with Gasteiger partial charge >= 0.3 is 5.97 Å². The molecule has 0 spiro atoms. The number of anilines is 2. The molecule has 30 heavy (non-hydrogen) atoms. The maximum atomic E-state index is 12.7. The van der Waals surface area contributed by atoms with E-state index in [0.717, 1.165) is 15.8 Å². The lowest BCUT2D eigenvalue weighted by molar-refractivity contribution is -0.153. The number of nitrogens with zero attached hydrogens (tertiary/aromatic N) is 3. The fourth-order valence-electron chi connectivity index (χ4n) is 3.15. The minimum Gasteiger partial charge on any atom is -0.479 e. The minimum atomic E-state index is -0.904. The molecule has 0 bridgehead atoms. The van der Waals surface area contributed by atoms with Crippen LogP contribution in [-0.4, -0.2) is 38.6 Å². The topological polar surface area (TPSA) is 82.9 Å². The van der Waals surface area contributed by atoms with Gasteiger partial charge in [-0.3, -0.25) is 4.79 Å². The first-order valence-electron chi connectivity index (χ1n) is 9.16. The molecule has 0 N–H and O–H groups in total. The van der Waals surface area contributed by atoms with Crippen molar-refractivity contribution in [3.63, 3.8) is 0 Å². The fraction of sp³-hybridized carbons (Fsp3) is 0.227. The van der Waals surface area contributed by atoms with Gasteiger partial charge in [0.15, 0.2) is 12.7 Å². The van der Waals surface area contributed by atoms with Crippen LogP contribution in [0.3, 0.4) is 0 Å². The Morgan fingerprint density at radius 2 is 1.63 bits per heavy atom. The summed E-state index contributed by atoms with van der Waals surface area (Å²) in [6, 6.07) is 16.5. The van der Waals surface area contributed by atoms with Gasteiger partial charge in [0.25, 0.3) is 0 Å². The largest absolute Gasteiger partial charge is 0.479 e. The molecule has 1 atom stereocenters. The molecule has 1 unspecified atom stereocenters. The van der Waals surface area contributed by atoms with Crippen LogP contribution in [0.15, 0.2) is 64.4 Å². The molecule has 0 aromatic heterocycles. The molecule has 0 aliphatic carbocycles. The second-order valence-corrected chi connectivity index (χ2v) is 7.58. The Labute approximate surface area is 183 Å². The van der Waals surface area contributed by atoms with Gasteiger partial charge in [0, 0.05) is 18.6 Å². The highest BCUT2D eigenvalue weighted by Crippen LogP contribution is 2.40. The normalized spacial score (nSPS) is 13.4. The van der Waals surface area contributed by atoms with Crippen molar-refractivity contribution in [2.75, 3.05) is 30.5 Å². The highest BCUT2D eigenvalue weighted by atomic mass is 79.9. The van der Waals surface area contributed by atoms with E-state index in [2.05, 4.69) is 15.9 Å². The first kappa shape index (κ1) is 21.4. The molecule has 1 aliphatic rings. The highest BCUT2D eigenvalue weighted by Gasteiger charge is 2.31. The summed E-state index contributed by atoms with van der Waals surface area (Å²) in [7, 11) is 3.56. The van der Waals surface area contributed by atoms with Gasteiger partial charge < -0.3 is 19.3 Å². The third-order valence-corrected chi connectivity index (χ3v) is 5.19. The van der Waals surface area contributed by atoms with E-state index in [9.17, 15) is 14.9 Å². The maximum Gasteiger partial charge on any atom is 0.347 e. The average molecular weight is 470 g/mol. The first-order chi connectivity index (χ1) is 14.3. The summed E-state index contributed by atoms with van der Waals surface area (Å²) in [4.78, 5) is 28.4. The molecule has 0 amide bonds. The van der Waals surface area contributed by atoms with Crippen LogP contribution in [0, 0.1) is 11.3 Å². The molecule has 1 heterocycles. The predicted octanol–water partition coefficient (Wildman–Crippen LogP) is 3.65. The number of para-hydroxylation sites is 2. The molecule has 1 aliphatic heterocycles. The van der Waals surface area contributed by atoms with Crippen LogP contribution in [0.2, 0.25) is 0 Å². The monoisotopic (exact) mass is 469 g/mol. The number of rotatable bonds is 6. The lowest BCUT2D eigenvalue weighted by atomic mass is 10.2. The number of Topliss-reactive ketones (excluding diaryl/α,β-unsaturated/α-hetero) is 1. The first-order valence-corrected chi connectivity index (χ1v) is 9.95. The van der Waals surface area contributed by atoms with E-state index in [1.807, 2.05) is 30.3 Å². The number of fused-ring (bicyclic) bond motifs is 1. The highest BCUT2D eigenvalue weighted by molar-refractivity contribution is 9.10. The van der Waals surface area contributed by atoms with Crippen molar-refractivity contribution < 1.29 is 19.1 Å². The quantitative estimate of drug-likeness (QED) is 0.362. The number of nitriles is 1. The van der Waals surface area contributed by atoms with Crippen LogP contribution in [0.1, 0.15) is 6.92 Å². The Bertz CT molecular complexity index is 1010. The summed E-state index contributed by atoms with van der Waals surface area (Å²) >= 11 is 3.33. The summed E-state index contributed by atoms with van der Waals surface area (Å²) in [5.41, 5.74) is 1.68. The van der Waals surface area contributed by atoms with Crippen LogP contribution in [0.25, 0.3) is 0 Å². The zero-order valence-electron chi connectivity index (χ0n) is 16.8. The number of benzene rings is 2.